The maximum absolute atomic E-state index is 11.5. The van der Waals surface area contributed by atoms with Gasteiger partial charge in [0, 0.05) is 13.7 Å². The molecule has 0 aromatic carbocycles. The lowest BCUT2D eigenvalue weighted by Gasteiger charge is -2.49. The Kier molecular flexibility index (Phi) is 20.4. The molecule has 0 radical (unpaired) electrons. The van der Waals surface area contributed by atoms with Crippen molar-refractivity contribution in [3.8, 4) is 0 Å². The second kappa shape index (κ2) is 24.3. The maximum Gasteiger partial charge on any atom is 0.187 e. The first kappa shape index (κ1) is 52.9. The predicted octanol–water partition coefficient (Wildman–Crippen LogP) is -10.1. The monoisotopic (exact) mass is 927 g/mol. The van der Waals surface area contributed by atoms with E-state index >= 15 is 0 Å². The summed E-state index contributed by atoms with van der Waals surface area (Å²) in [6.07, 6.45) is -42.4. The lowest BCUT2D eigenvalue weighted by atomic mass is 9.95. The molecule has 5 fully saturated rings. The molecule has 63 heavy (non-hydrogen) atoms. The van der Waals surface area contributed by atoms with Gasteiger partial charge in [-0.2, -0.15) is 0 Å². The first-order chi connectivity index (χ1) is 30.1. The fourth-order valence-corrected chi connectivity index (χ4v) is 8.02. The van der Waals surface area contributed by atoms with Crippen molar-refractivity contribution in [1.82, 2.24) is 0 Å². The van der Waals surface area contributed by atoms with Crippen LogP contribution in [0.2, 0.25) is 0 Å². The lowest BCUT2D eigenvalue weighted by Crippen LogP contribution is -2.68. The molecule has 0 amide bonds. The standard InChI is InChI=1S/C36H65NO26/c1-53-27-17(43)12(7-38)56-33(22(27)48)61-29-19(45)14(9-40)58-35(24(29)50)63-31-21(47)16(11-42)59-36(26(31)52)62-30-20(46)15(10-41)57-34(25(30)51)60-28-18(44)13(8-39)55-32(23(28)49)54-6-4-2-3-5-37/h12-36,38-52H,2-11,37H2,1H3/t12?,13?,14?,15?,16?,17-,18-,19?,20?,21-,22?,23?,24?,25?,26?,27?,28?,29?,30?,31?,32+,33-,34?,35?,36-/m0/s1. The molecule has 0 spiro atoms. The highest BCUT2D eigenvalue weighted by Gasteiger charge is 2.57. The Morgan fingerprint density at radius 1 is 0.365 bits per heavy atom. The SMILES string of the molecule is COC1C(O)[C@H](OC2C(O)C(CO)OC(OC3C(O)[C@H](OC4C(O)C(CO)OC(OC5C(O)[C@H](OCCCCCN)OC(CO)[C@@H]5O)C4O)OC(CO)[C@@H]3O)C2O)OC(CO)[C@@H]1O. The van der Waals surface area contributed by atoms with Crippen LogP contribution in [0.25, 0.3) is 0 Å². The van der Waals surface area contributed by atoms with Gasteiger partial charge in [0.2, 0.25) is 0 Å². The number of hydrogen-bond donors (Lipinski definition) is 16. The number of ether oxygens (including phenoxy) is 11. The van der Waals surface area contributed by atoms with Crippen molar-refractivity contribution >= 4 is 0 Å². The third kappa shape index (κ3) is 11.8. The molecule has 5 aliphatic heterocycles. The summed E-state index contributed by atoms with van der Waals surface area (Å²) >= 11 is 0. The molecule has 5 aliphatic rings. The Labute approximate surface area is 360 Å². The number of methoxy groups -OCH3 is 1. The van der Waals surface area contributed by atoms with E-state index in [1.54, 1.807) is 0 Å². The second-order valence-corrected chi connectivity index (χ2v) is 15.9. The van der Waals surface area contributed by atoms with Gasteiger partial charge in [-0.15, -0.1) is 0 Å². The van der Waals surface area contributed by atoms with Crippen LogP contribution in [0.3, 0.4) is 0 Å². The molecule has 0 saturated carbocycles. The summed E-state index contributed by atoms with van der Waals surface area (Å²) in [5.41, 5.74) is 5.52. The Hall–Kier alpha value is -1.08. The van der Waals surface area contributed by atoms with Crippen molar-refractivity contribution in [2.24, 2.45) is 5.73 Å². The molecule has 0 aromatic heterocycles. The number of rotatable bonds is 20. The van der Waals surface area contributed by atoms with Crippen molar-refractivity contribution in [3.05, 3.63) is 0 Å². The maximum atomic E-state index is 11.5. The van der Waals surface area contributed by atoms with E-state index in [0.29, 0.717) is 25.8 Å². The minimum atomic E-state index is -2.16. The van der Waals surface area contributed by atoms with Gasteiger partial charge in [0.25, 0.3) is 0 Å². The van der Waals surface area contributed by atoms with Gasteiger partial charge in [0.1, 0.15) is 122 Å². The number of nitrogens with two attached hydrogens (primary N) is 1. The highest BCUT2D eigenvalue weighted by atomic mass is 16.8. The Bertz CT molecular complexity index is 1330. The Morgan fingerprint density at radius 3 is 0.921 bits per heavy atom. The topological polar surface area (TPSA) is 431 Å². The average Bonchev–Trinajstić information content (AvgIpc) is 3.27. The van der Waals surface area contributed by atoms with Crippen molar-refractivity contribution in [2.75, 3.05) is 53.3 Å². The van der Waals surface area contributed by atoms with E-state index in [0.717, 1.165) is 7.11 Å². The Morgan fingerprint density at radius 2 is 0.635 bits per heavy atom. The molecule has 370 valence electrons. The van der Waals surface area contributed by atoms with Gasteiger partial charge in [0.15, 0.2) is 31.5 Å². The number of unbranched alkanes of at least 4 members (excludes halogenated alkanes) is 2. The van der Waals surface area contributed by atoms with Gasteiger partial charge in [-0.1, -0.05) is 0 Å². The highest BCUT2D eigenvalue weighted by molar-refractivity contribution is 4.99. The summed E-state index contributed by atoms with van der Waals surface area (Å²) in [6.45, 7) is -3.78. The van der Waals surface area contributed by atoms with Crippen molar-refractivity contribution in [3.63, 3.8) is 0 Å². The van der Waals surface area contributed by atoms with Crippen LogP contribution >= 0.6 is 0 Å². The summed E-state index contributed by atoms with van der Waals surface area (Å²) < 4.78 is 61.5. The summed E-state index contributed by atoms with van der Waals surface area (Å²) in [5.74, 6) is 0. The lowest BCUT2D eigenvalue weighted by molar-refractivity contribution is -0.395. The van der Waals surface area contributed by atoms with Crippen LogP contribution in [-0.4, -0.2) is 283 Å². The van der Waals surface area contributed by atoms with E-state index in [4.69, 9.17) is 57.8 Å². The molecule has 0 bridgehead atoms. The van der Waals surface area contributed by atoms with Gasteiger partial charge in [-0.3, -0.25) is 0 Å². The van der Waals surface area contributed by atoms with Crippen LogP contribution in [-0.2, 0) is 52.1 Å². The summed E-state index contributed by atoms with van der Waals surface area (Å²) in [6, 6.07) is 0. The third-order valence-corrected chi connectivity index (χ3v) is 11.7. The molecular weight excluding hydrogens is 862 g/mol. The normalized spacial score (nSPS) is 48.6. The van der Waals surface area contributed by atoms with E-state index in [-0.39, 0.29) is 6.61 Å². The molecule has 27 nitrogen and oxygen atoms in total. The van der Waals surface area contributed by atoms with Crippen LogP contribution in [0.15, 0.2) is 0 Å². The van der Waals surface area contributed by atoms with E-state index in [1.165, 1.54) is 0 Å². The predicted molar refractivity (Wildman–Crippen MR) is 198 cm³/mol. The molecule has 0 aromatic rings. The Balaban J connectivity index is 1.32. The smallest absolute Gasteiger partial charge is 0.187 e. The summed E-state index contributed by atoms with van der Waals surface area (Å²) in [7, 11) is 1.15. The van der Waals surface area contributed by atoms with E-state index in [2.05, 4.69) is 0 Å². The van der Waals surface area contributed by atoms with Crippen LogP contribution in [0.4, 0.5) is 0 Å². The fraction of sp³-hybridized carbons (Fsp3) is 1.00. The molecular formula is C36H65NO26. The molecule has 17 N–H and O–H groups in total. The molecule has 27 heteroatoms. The third-order valence-electron chi connectivity index (χ3n) is 11.7. The minimum Gasteiger partial charge on any atom is -0.394 e. The summed E-state index contributed by atoms with van der Waals surface area (Å²) in [5, 5.41) is 161. The zero-order valence-electron chi connectivity index (χ0n) is 34.3. The quantitative estimate of drug-likeness (QED) is 0.0504. The van der Waals surface area contributed by atoms with Crippen molar-refractivity contribution < 1.29 is 129 Å². The van der Waals surface area contributed by atoms with Crippen molar-refractivity contribution in [2.45, 2.75) is 173 Å². The van der Waals surface area contributed by atoms with E-state index in [9.17, 15) is 76.6 Å². The zero-order chi connectivity index (χ0) is 46.3. The van der Waals surface area contributed by atoms with Crippen LogP contribution in [0, 0.1) is 0 Å². The molecule has 0 aliphatic carbocycles. The average molecular weight is 928 g/mol. The number of aliphatic hydroxyl groups is 15. The largest absolute Gasteiger partial charge is 0.394 e. The van der Waals surface area contributed by atoms with Gasteiger partial charge in [-0.05, 0) is 25.8 Å². The molecule has 25 atom stereocenters. The fourth-order valence-electron chi connectivity index (χ4n) is 8.02. The first-order valence-corrected chi connectivity index (χ1v) is 20.7. The molecule has 5 heterocycles. The highest BCUT2D eigenvalue weighted by Crippen LogP contribution is 2.36. The first-order valence-electron chi connectivity index (χ1n) is 20.7. The van der Waals surface area contributed by atoms with Gasteiger partial charge in [-0.25, -0.2) is 0 Å². The van der Waals surface area contributed by atoms with Gasteiger partial charge in [0.05, 0.1) is 33.0 Å². The second-order valence-electron chi connectivity index (χ2n) is 15.9. The number of aliphatic hydroxyl groups excluding tert-OH is 15. The van der Waals surface area contributed by atoms with E-state index in [1.807, 2.05) is 0 Å². The zero-order valence-corrected chi connectivity index (χ0v) is 34.3. The molecule has 19 unspecified atom stereocenters. The minimum absolute atomic E-state index is 0.0917. The van der Waals surface area contributed by atoms with Crippen molar-refractivity contribution in [1.29, 1.82) is 0 Å². The molecule has 5 rings (SSSR count). The van der Waals surface area contributed by atoms with Gasteiger partial charge < -0.3 is 134 Å². The van der Waals surface area contributed by atoms with Crippen LogP contribution in [0.1, 0.15) is 19.3 Å². The number of hydrogen-bond acceptors (Lipinski definition) is 27. The summed E-state index contributed by atoms with van der Waals surface area (Å²) in [4.78, 5) is 0. The molecule has 5 saturated heterocycles. The van der Waals surface area contributed by atoms with Gasteiger partial charge >= 0.3 is 0 Å². The van der Waals surface area contributed by atoms with Crippen LogP contribution in [0.5, 0.6) is 0 Å². The van der Waals surface area contributed by atoms with Crippen LogP contribution < -0.4 is 5.73 Å². The van der Waals surface area contributed by atoms with E-state index < -0.39 is 187 Å².